The SMILES string of the molecule is CC(C)=C/C=C(\C=N\O)CNc1cc(-c2ccccc2F)nc2c(Br)cnn12. The lowest BCUT2D eigenvalue weighted by Crippen LogP contribution is -2.11. The molecule has 2 N–H and O–H groups in total. The maximum absolute atomic E-state index is 14.3. The van der Waals surface area contributed by atoms with Crippen molar-refractivity contribution in [3.63, 3.8) is 0 Å². The molecule has 0 saturated heterocycles. The Kier molecular flexibility index (Phi) is 6.20. The molecule has 0 atom stereocenters. The molecule has 0 radical (unpaired) electrons. The molecule has 8 heteroatoms. The number of hydrogen-bond acceptors (Lipinski definition) is 5. The van der Waals surface area contributed by atoms with Crippen LogP contribution in [0, 0.1) is 5.82 Å². The van der Waals surface area contributed by atoms with Crippen molar-refractivity contribution in [2.45, 2.75) is 13.8 Å². The van der Waals surface area contributed by atoms with Crippen LogP contribution in [0.15, 0.2) is 69.5 Å². The Bertz CT molecular complexity index is 1080. The molecule has 0 saturated carbocycles. The molecule has 3 aromatic rings. The molecule has 144 valence electrons. The monoisotopic (exact) mass is 443 g/mol. The highest BCUT2D eigenvalue weighted by Crippen LogP contribution is 2.27. The first-order chi connectivity index (χ1) is 13.5. The number of benzene rings is 1. The van der Waals surface area contributed by atoms with E-state index in [1.54, 1.807) is 35.0 Å². The summed E-state index contributed by atoms with van der Waals surface area (Å²) in [5.74, 6) is 0.279. The number of nitrogens with one attached hydrogen (secondary N) is 1. The maximum Gasteiger partial charge on any atom is 0.172 e. The number of halogens is 2. The van der Waals surface area contributed by atoms with Crippen LogP contribution in [0.2, 0.25) is 0 Å². The Morgan fingerprint density at radius 2 is 2.11 bits per heavy atom. The summed E-state index contributed by atoms with van der Waals surface area (Å²) in [6.07, 6.45) is 6.78. The number of allylic oxidation sites excluding steroid dienone is 3. The first-order valence-electron chi connectivity index (χ1n) is 8.54. The standard InChI is InChI=1S/C20H19BrFN5O/c1-13(2)7-8-14(11-25-28)10-23-19-9-18(15-5-3-4-6-17(15)22)26-20-16(21)12-24-27(19)20/h3-9,11-12,23,28H,10H2,1-2H3/b14-8-,25-11+. The maximum atomic E-state index is 14.3. The lowest BCUT2D eigenvalue weighted by molar-refractivity contribution is 0.321. The normalized spacial score (nSPS) is 11.9. The van der Waals surface area contributed by atoms with E-state index in [-0.39, 0.29) is 5.82 Å². The number of aromatic nitrogens is 3. The van der Waals surface area contributed by atoms with Crippen LogP contribution in [0.1, 0.15) is 13.8 Å². The van der Waals surface area contributed by atoms with Crippen molar-refractivity contribution in [3.05, 3.63) is 70.1 Å². The Hall–Kier alpha value is -3.00. The second kappa shape index (κ2) is 8.79. The topological polar surface area (TPSA) is 74.8 Å². The lowest BCUT2D eigenvalue weighted by atomic mass is 10.1. The van der Waals surface area contributed by atoms with Crippen LogP contribution in [0.4, 0.5) is 10.2 Å². The minimum absolute atomic E-state index is 0.350. The molecular weight excluding hydrogens is 425 g/mol. The van der Waals surface area contributed by atoms with Gasteiger partial charge in [-0.1, -0.05) is 35.0 Å². The van der Waals surface area contributed by atoms with Gasteiger partial charge in [-0.25, -0.2) is 9.37 Å². The van der Waals surface area contributed by atoms with E-state index in [1.165, 1.54) is 12.3 Å². The second-order valence-corrected chi connectivity index (χ2v) is 7.17. The summed E-state index contributed by atoms with van der Waals surface area (Å²) in [5.41, 5.74) is 3.33. The molecule has 0 unspecified atom stereocenters. The number of anilines is 1. The van der Waals surface area contributed by atoms with Crippen LogP contribution in [-0.4, -0.2) is 32.6 Å². The summed E-state index contributed by atoms with van der Waals surface area (Å²) in [5, 5.41) is 19.6. The van der Waals surface area contributed by atoms with E-state index in [4.69, 9.17) is 5.21 Å². The molecule has 0 aliphatic rings. The Labute approximate surface area is 170 Å². The molecule has 0 spiro atoms. The highest BCUT2D eigenvalue weighted by Gasteiger charge is 2.13. The average Bonchev–Trinajstić information content (AvgIpc) is 3.05. The van der Waals surface area contributed by atoms with E-state index in [0.29, 0.717) is 33.7 Å². The molecule has 28 heavy (non-hydrogen) atoms. The zero-order chi connectivity index (χ0) is 20.1. The van der Waals surface area contributed by atoms with Crippen LogP contribution < -0.4 is 5.32 Å². The second-order valence-electron chi connectivity index (χ2n) is 6.32. The van der Waals surface area contributed by atoms with Gasteiger partial charge in [-0.2, -0.15) is 9.61 Å². The fraction of sp³-hybridized carbons (Fsp3) is 0.150. The predicted octanol–water partition coefficient (Wildman–Crippen LogP) is 5.06. The van der Waals surface area contributed by atoms with Crippen molar-refractivity contribution in [3.8, 4) is 11.3 Å². The van der Waals surface area contributed by atoms with Gasteiger partial charge in [0.2, 0.25) is 0 Å². The van der Waals surface area contributed by atoms with Crippen molar-refractivity contribution in [2.75, 3.05) is 11.9 Å². The Balaban J connectivity index is 2.02. The quantitative estimate of drug-likeness (QED) is 0.241. The molecule has 0 fully saturated rings. The van der Waals surface area contributed by atoms with Gasteiger partial charge in [-0.05, 0) is 47.5 Å². The summed E-state index contributed by atoms with van der Waals surface area (Å²) >= 11 is 3.43. The number of rotatable bonds is 6. The van der Waals surface area contributed by atoms with Gasteiger partial charge >= 0.3 is 0 Å². The molecule has 0 bridgehead atoms. The summed E-state index contributed by atoms with van der Waals surface area (Å²) in [4.78, 5) is 4.53. The van der Waals surface area contributed by atoms with Crippen LogP contribution in [-0.2, 0) is 0 Å². The van der Waals surface area contributed by atoms with Crippen molar-refractivity contribution >= 4 is 33.6 Å². The molecule has 0 aliphatic carbocycles. The third kappa shape index (κ3) is 4.45. The van der Waals surface area contributed by atoms with Crippen LogP contribution >= 0.6 is 15.9 Å². The van der Waals surface area contributed by atoms with E-state index in [1.807, 2.05) is 26.0 Å². The molecule has 3 rings (SSSR count). The highest BCUT2D eigenvalue weighted by atomic mass is 79.9. The third-order valence-corrected chi connectivity index (χ3v) is 4.47. The number of hydrogen-bond donors (Lipinski definition) is 2. The predicted molar refractivity (Wildman–Crippen MR) is 112 cm³/mol. The molecule has 1 aromatic carbocycles. The minimum atomic E-state index is -0.350. The van der Waals surface area contributed by atoms with Crippen LogP contribution in [0.3, 0.4) is 0 Å². The smallest absolute Gasteiger partial charge is 0.172 e. The number of fused-ring (bicyclic) bond motifs is 1. The van der Waals surface area contributed by atoms with Gasteiger partial charge in [0.25, 0.3) is 0 Å². The molecule has 2 heterocycles. The third-order valence-electron chi connectivity index (χ3n) is 3.91. The van der Waals surface area contributed by atoms with Crippen molar-refractivity contribution in [1.29, 1.82) is 0 Å². The van der Waals surface area contributed by atoms with E-state index in [9.17, 15) is 4.39 Å². The zero-order valence-electron chi connectivity index (χ0n) is 15.4. The van der Waals surface area contributed by atoms with Gasteiger partial charge in [0.05, 0.1) is 22.6 Å². The molecule has 0 aliphatic heterocycles. The average molecular weight is 444 g/mol. The lowest BCUT2D eigenvalue weighted by Gasteiger charge is -2.11. The van der Waals surface area contributed by atoms with Crippen LogP contribution in [0.25, 0.3) is 16.9 Å². The Morgan fingerprint density at radius 1 is 1.32 bits per heavy atom. The van der Waals surface area contributed by atoms with E-state index in [2.05, 4.69) is 36.5 Å². The fourth-order valence-corrected chi connectivity index (χ4v) is 2.91. The summed E-state index contributed by atoms with van der Waals surface area (Å²) in [7, 11) is 0. The molecular formula is C20H19BrFN5O. The van der Waals surface area contributed by atoms with Gasteiger partial charge in [0.1, 0.15) is 11.6 Å². The zero-order valence-corrected chi connectivity index (χ0v) is 17.0. The van der Waals surface area contributed by atoms with Gasteiger partial charge in [0, 0.05) is 18.2 Å². The fourth-order valence-electron chi connectivity index (χ4n) is 2.56. The number of nitrogens with zero attached hydrogens (tertiary/aromatic N) is 4. The van der Waals surface area contributed by atoms with E-state index < -0.39 is 0 Å². The number of oxime groups is 1. The first-order valence-corrected chi connectivity index (χ1v) is 9.33. The summed E-state index contributed by atoms with van der Waals surface area (Å²) in [6, 6.07) is 8.22. The largest absolute Gasteiger partial charge is 0.411 e. The first kappa shape index (κ1) is 19.8. The van der Waals surface area contributed by atoms with Gasteiger partial charge < -0.3 is 10.5 Å². The molecule has 6 nitrogen and oxygen atoms in total. The van der Waals surface area contributed by atoms with Crippen molar-refractivity contribution in [1.82, 2.24) is 14.6 Å². The highest BCUT2D eigenvalue weighted by molar-refractivity contribution is 9.10. The summed E-state index contributed by atoms with van der Waals surface area (Å²) < 4.78 is 16.6. The van der Waals surface area contributed by atoms with Crippen molar-refractivity contribution in [2.24, 2.45) is 5.16 Å². The van der Waals surface area contributed by atoms with Gasteiger partial charge in [-0.15, -0.1) is 0 Å². The van der Waals surface area contributed by atoms with Crippen LogP contribution in [0.5, 0.6) is 0 Å². The molecule has 2 aromatic heterocycles. The summed E-state index contributed by atoms with van der Waals surface area (Å²) in [6.45, 7) is 4.33. The Morgan fingerprint density at radius 3 is 2.82 bits per heavy atom. The van der Waals surface area contributed by atoms with E-state index >= 15 is 0 Å². The van der Waals surface area contributed by atoms with Gasteiger partial charge in [0.15, 0.2) is 5.65 Å². The van der Waals surface area contributed by atoms with Gasteiger partial charge in [-0.3, -0.25) is 0 Å². The van der Waals surface area contributed by atoms with E-state index in [0.717, 1.165) is 11.1 Å². The molecule has 0 amide bonds. The van der Waals surface area contributed by atoms with Crippen molar-refractivity contribution < 1.29 is 9.60 Å². The minimum Gasteiger partial charge on any atom is -0.411 e.